The molecule has 2 N–H and O–H groups in total. The zero-order valence-corrected chi connectivity index (χ0v) is 8.90. The van der Waals surface area contributed by atoms with E-state index in [0.717, 1.165) is 12.0 Å². The minimum Gasteiger partial charge on any atom is -0.273 e. The Morgan fingerprint density at radius 2 is 1.81 bits per heavy atom. The van der Waals surface area contributed by atoms with E-state index in [1.54, 1.807) is 0 Å². The normalized spacial score (nSPS) is 21.6. The maximum atomic E-state index is 11.8. The Kier molecular flexibility index (Phi) is 3.19. The Balaban J connectivity index is 2.14. The molecule has 0 aliphatic carbocycles. The molecular formula is C12H14N2O2. The second-order valence-corrected chi connectivity index (χ2v) is 3.89. The number of hydrogen-bond donors (Lipinski definition) is 2. The van der Waals surface area contributed by atoms with Gasteiger partial charge in [-0.1, -0.05) is 30.3 Å². The molecule has 1 aromatic carbocycles. The molecule has 0 aromatic heterocycles. The SMILES string of the molecule is O=C1CCCC(c2ccccc2)C(=O)NN1. The van der Waals surface area contributed by atoms with Crippen LogP contribution in [0.1, 0.15) is 30.7 Å². The number of rotatable bonds is 1. The van der Waals surface area contributed by atoms with Crippen LogP contribution in [0.25, 0.3) is 0 Å². The summed E-state index contributed by atoms with van der Waals surface area (Å²) < 4.78 is 0. The van der Waals surface area contributed by atoms with Gasteiger partial charge in [0.15, 0.2) is 0 Å². The molecule has 2 rings (SSSR count). The van der Waals surface area contributed by atoms with Crippen molar-refractivity contribution >= 4 is 11.8 Å². The Morgan fingerprint density at radius 1 is 1.06 bits per heavy atom. The number of carbonyl (C=O) groups is 2. The summed E-state index contributed by atoms with van der Waals surface area (Å²) in [6, 6.07) is 9.63. The Bertz CT molecular complexity index is 389. The molecule has 0 saturated carbocycles. The van der Waals surface area contributed by atoms with Crippen LogP contribution in [0.4, 0.5) is 0 Å². The minimum absolute atomic E-state index is 0.125. The van der Waals surface area contributed by atoms with Gasteiger partial charge in [0.25, 0.3) is 0 Å². The van der Waals surface area contributed by atoms with Gasteiger partial charge in [0.2, 0.25) is 11.8 Å². The van der Waals surface area contributed by atoms with Crippen LogP contribution in [-0.2, 0) is 9.59 Å². The number of benzene rings is 1. The average molecular weight is 218 g/mol. The van der Waals surface area contributed by atoms with E-state index >= 15 is 0 Å². The van der Waals surface area contributed by atoms with Crippen molar-refractivity contribution in [3.05, 3.63) is 35.9 Å². The van der Waals surface area contributed by atoms with E-state index in [0.29, 0.717) is 12.8 Å². The van der Waals surface area contributed by atoms with Gasteiger partial charge in [0.1, 0.15) is 0 Å². The van der Waals surface area contributed by atoms with Crippen molar-refractivity contribution in [1.82, 2.24) is 10.9 Å². The van der Waals surface area contributed by atoms with Crippen molar-refractivity contribution in [3.8, 4) is 0 Å². The zero-order valence-electron chi connectivity index (χ0n) is 8.90. The predicted octanol–water partition coefficient (Wildman–Crippen LogP) is 1.10. The number of nitrogens with one attached hydrogen (secondary N) is 2. The van der Waals surface area contributed by atoms with Crippen LogP contribution in [0.2, 0.25) is 0 Å². The first-order valence-electron chi connectivity index (χ1n) is 5.41. The fourth-order valence-electron chi connectivity index (χ4n) is 1.88. The molecule has 1 heterocycles. The van der Waals surface area contributed by atoms with E-state index < -0.39 is 0 Å². The van der Waals surface area contributed by atoms with Gasteiger partial charge in [-0.2, -0.15) is 0 Å². The molecule has 0 bridgehead atoms. The molecule has 1 saturated heterocycles. The summed E-state index contributed by atoms with van der Waals surface area (Å²) in [5.41, 5.74) is 5.84. The highest BCUT2D eigenvalue weighted by molar-refractivity contribution is 5.87. The third kappa shape index (κ3) is 2.39. The molecule has 84 valence electrons. The summed E-state index contributed by atoms with van der Waals surface area (Å²) in [5, 5.41) is 0. The lowest BCUT2D eigenvalue weighted by Crippen LogP contribution is -2.45. The van der Waals surface area contributed by atoms with Crippen LogP contribution in [0.5, 0.6) is 0 Å². The van der Waals surface area contributed by atoms with Crippen LogP contribution in [-0.4, -0.2) is 11.8 Å². The highest BCUT2D eigenvalue weighted by Gasteiger charge is 2.22. The highest BCUT2D eigenvalue weighted by atomic mass is 16.2. The van der Waals surface area contributed by atoms with Gasteiger partial charge < -0.3 is 0 Å². The van der Waals surface area contributed by atoms with Gasteiger partial charge in [-0.15, -0.1) is 0 Å². The molecule has 1 fully saturated rings. The first kappa shape index (κ1) is 10.7. The Hall–Kier alpha value is -1.84. The van der Waals surface area contributed by atoms with Crippen molar-refractivity contribution in [1.29, 1.82) is 0 Å². The summed E-state index contributed by atoms with van der Waals surface area (Å²) >= 11 is 0. The smallest absolute Gasteiger partial charge is 0.245 e. The lowest BCUT2D eigenvalue weighted by Gasteiger charge is -2.20. The topological polar surface area (TPSA) is 58.2 Å². The van der Waals surface area contributed by atoms with Crippen LogP contribution >= 0.6 is 0 Å². The van der Waals surface area contributed by atoms with E-state index in [-0.39, 0.29) is 17.7 Å². The van der Waals surface area contributed by atoms with Crippen molar-refractivity contribution in [3.63, 3.8) is 0 Å². The standard InChI is InChI=1S/C12H14N2O2/c15-11-8-4-7-10(12(16)14-13-11)9-5-2-1-3-6-9/h1-3,5-6,10H,4,7-8H2,(H,13,15)(H,14,16). The monoisotopic (exact) mass is 218 g/mol. The van der Waals surface area contributed by atoms with Gasteiger partial charge in [-0.3, -0.25) is 20.4 Å². The molecule has 0 radical (unpaired) electrons. The lowest BCUT2D eigenvalue weighted by molar-refractivity contribution is -0.131. The Labute approximate surface area is 94.0 Å². The largest absolute Gasteiger partial charge is 0.273 e. The van der Waals surface area contributed by atoms with Crippen molar-refractivity contribution in [2.24, 2.45) is 0 Å². The quantitative estimate of drug-likeness (QED) is 0.741. The summed E-state index contributed by atoms with van der Waals surface area (Å²) in [4.78, 5) is 22.9. The van der Waals surface area contributed by atoms with Crippen molar-refractivity contribution < 1.29 is 9.59 Å². The molecule has 1 atom stereocenters. The molecule has 1 aliphatic heterocycles. The Morgan fingerprint density at radius 3 is 2.56 bits per heavy atom. The summed E-state index contributed by atoms with van der Waals surface area (Å²) in [5.74, 6) is -0.430. The second-order valence-electron chi connectivity index (χ2n) is 3.89. The van der Waals surface area contributed by atoms with E-state index in [9.17, 15) is 9.59 Å². The maximum absolute atomic E-state index is 11.8. The molecule has 2 amide bonds. The minimum atomic E-state index is -0.165. The third-order valence-electron chi connectivity index (χ3n) is 2.74. The molecule has 1 unspecified atom stereocenters. The summed E-state index contributed by atoms with van der Waals surface area (Å²) in [6.45, 7) is 0. The molecule has 4 heteroatoms. The summed E-state index contributed by atoms with van der Waals surface area (Å²) in [7, 11) is 0. The van der Waals surface area contributed by atoms with E-state index in [1.807, 2.05) is 30.3 Å². The highest BCUT2D eigenvalue weighted by Crippen LogP contribution is 2.22. The third-order valence-corrected chi connectivity index (χ3v) is 2.74. The first-order valence-corrected chi connectivity index (χ1v) is 5.41. The van der Waals surface area contributed by atoms with Crippen LogP contribution in [0, 0.1) is 0 Å². The van der Waals surface area contributed by atoms with Crippen molar-refractivity contribution in [2.45, 2.75) is 25.2 Å². The molecule has 16 heavy (non-hydrogen) atoms. The van der Waals surface area contributed by atoms with Gasteiger partial charge in [0.05, 0.1) is 5.92 Å². The maximum Gasteiger partial charge on any atom is 0.245 e. The predicted molar refractivity (Wildman–Crippen MR) is 59.3 cm³/mol. The number of amides is 2. The number of hydrogen-bond acceptors (Lipinski definition) is 2. The van der Waals surface area contributed by atoms with Gasteiger partial charge in [-0.25, -0.2) is 0 Å². The van der Waals surface area contributed by atoms with E-state index in [4.69, 9.17) is 0 Å². The van der Waals surface area contributed by atoms with E-state index in [2.05, 4.69) is 10.9 Å². The zero-order chi connectivity index (χ0) is 11.4. The van der Waals surface area contributed by atoms with E-state index in [1.165, 1.54) is 0 Å². The molecule has 1 aliphatic rings. The van der Waals surface area contributed by atoms with Crippen molar-refractivity contribution in [2.75, 3.05) is 0 Å². The fraction of sp³-hybridized carbons (Fsp3) is 0.333. The number of hydrazine groups is 1. The second kappa shape index (κ2) is 4.79. The molecular weight excluding hydrogens is 204 g/mol. The summed E-state index contributed by atoms with van der Waals surface area (Å²) in [6.07, 6.45) is 1.91. The van der Waals surface area contributed by atoms with Crippen LogP contribution < -0.4 is 10.9 Å². The molecule has 0 spiro atoms. The lowest BCUT2D eigenvalue weighted by atomic mass is 9.92. The van der Waals surface area contributed by atoms with Crippen LogP contribution in [0.3, 0.4) is 0 Å². The first-order chi connectivity index (χ1) is 7.77. The average Bonchev–Trinajstić information content (AvgIpc) is 2.31. The number of carbonyl (C=O) groups excluding carboxylic acids is 2. The molecule has 1 aromatic rings. The van der Waals surface area contributed by atoms with Gasteiger partial charge >= 0.3 is 0 Å². The van der Waals surface area contributed by atoms with Crippen LogP contribution in [0.15, 0.2) is 30.3 Å². The van der Waals surface area contributed by atoms with Gasteiger partial charge in [-0.05, 0) is 18.4 Å². The molecule has 4 nitrogen and oxygen atoms in total. The van der Waals surface area contributed by atoms with Gasteiger partial charge in [0, 0.05) is 6.42 Å². The fourth-order valence-corrected chi connectivity index (χ4v) is 1.88.